The third-order valence-electron chi connectivity index (χ3n) is 3.10. The number of hydrogen-bond acceptors (Lipinski definition) is 3. The molecule has 0 fully saturated rings. The summed E-state index contributed by atoms with van der Waals surface area (Å²) in [5.41, 5.74) is 0.967. The van der Waals surface area contributed by atoms with E-state index in [1.807, 2.05) is 12.1 Å². The Bertz CT molecular complexity index is 589. The van der Waals surface area contributed by atoms with E-state index < -0.39 is 5.82 Å². The number of halogens is 2. The second-order valence-corrected chi connectivity index (χ2v) is 5.02. The van der Waals surface area contributed by atoms with Crippen LogP contribution in [0.15, 0.2) is 36.5 Å². The smallest absolute Gasteiger partial charge is 0.145 e. The number of nitrogens with zero attached hydrogens (tertiary/aromatic N) is 1. The fourth-order valence-corrected chi connectivity index (χ4v) is 2.16. The first kappa shape index (κ1) is 15.7. The van der Waals surface area contributed by atoms with Crippen molar-refractivity contribution in [3.63, 3.8) is 0 Å². The third kappa shape index (κ3) is 4.16. The van der Waals surface area contributed by atoms with Crippen molar-refractivity contribution in [2.24, 2.45) is 0 Å². The Hall–Kier alpha value is -1.65. The Kier molecular flexibility index (Phi) is 5.53. The van der Waals surface area contributed by atoms with Crippen LogP contribution < -0.4 is 10.1 Å². The number of ether oxygens (including phenoxy) is 1. The summed E-state index contributed by atoms with van der Waals surface area (Å²) in [6.45, 7) is 5.06. The van der Waals surface area contributed by atoms with Gasteiger partial charge in [-0.1, -0.05) is 25.4 Å². The minimum absolute atomic E-state index is 0.0762. The maximum atomic E-state index is 13.3. The van der Waals surface area contributed by atoms with Gasteiger partial charge in [0.1, 0.15) is 17.3 Å². The topological polar surface area (TPSA) is 34.1 Å². The van der Waals surface area contributed by atoms with Crippen molar-refractivity contribution in [3.05, 3.63) is 53.1 Å². The molecule has 1 heterocycles. The van der Waals surface area contributed by atoms with Crippen LogP contribution in [0.1, 0.15) is 32.0 Å². The molecule has 0 saturated heterocycles. The third-order valence-corrected chi connectivity index (χ3v) is 3.41. The molecule has 2 rings (SSSR count). The highest BCUT2D eigenvalue weighted by Gasteiger charge is 2.09. The molecule has 0 aliphatic carbocycles. The van der Waals surface area contributed by atoms with E-state index >= 15 is 0 Å². The van der Waals surface area contributed by atoms with Crippen molar-refractivity contribution in [2.45, 2.75) is 26.3 Å². The van der Waals surface area contributed by atoms with Crippen molar-refractivity contribution in [2.75, 3.05) is 6.54 Å². The molecule has 0 bridgehead atoms. The normalized spacial score (nSPS) is 12.2. The lowest BCUT2D eigenvalue weighted by molar-refractivity contribution is 0.471. The molecule has 0 radical (unpaired) electrons. The summed E-state index contributed by atoms with van der Waals surface area (Å²) >= 11 is 5.64. The monoisotopic (exact) mass is 308 g/mol. The zero-order valence-electron chi connectivity index (χ0n) is 12.1. The summed E-state index contributed by atoms with van der Waals surface area (Å²) in [4.78, 5) is 4.40. The summed E-state index contributed by atoms with van der Waals surface area (Å²) in [5, 5.41) is 3.44. The van der Waals surface area contributed by atoms with Crippen LogP contribution in [0.3, 0.4) is 0 Å². The summed E-state index contributed by atoms with van der Waals surface area (Å²) in [6.07, 6.45) is 2.60. The first-order valence-corrected chi connectivity index (χ1v) is 7.34. The molecule has 1 aromatic heterocycles. The number of nitrogens with one attached hydrogen (secondary N) is 1. The minimum atomic E-state index is -0.503. The quantitative estimate of drug-likeness (QED) is 0.838. The lowest BCUT2D eigenvalue weighted by atomic mass is 10.1. The first-order valence-electron chi connectivity index (χ1n) is 6.96. The van der Waals surface area contributed by atoms with Gasteiger partial charge in [0.2, 0.25) is 0 Å². The van der Waals surface area contributed by atoms with Gasteiger partial charge in [0.05, 0.1) is 16.9 Å². The molecule has 0 aliphatic rings. The molecule has 5 heteroatoms. The Morgan fingerprint density at radius 2 is 2.00 bits per heavy atom. The van der Waals surface area contributed by atoms with Gasteiger partial charge >= 0.3 is 0 Å². The zero-order chi connectivity index (χ0) is 15.2. The maximum Gasteiger partial charge on any atom is 0.145 e. The van der Waals surface area contributed by atoms with Gasteiger partial charge in [-0.2, -0.15) is 0 Å². The van der Waals surface area contributed by atoms with Gasteiger partial charge in [-0.15, -0.1) is 0 Å². The van der Waals surface area contributed by atoms with Gasteiger partial charge in [0, 0.05) is 12.1 Å². The molecular formula is C16H18ClFN2O. The van der Waals surface area contributed by atoms with Gasteiger partial charge in [-0.05, 0) is 37.2 Å². The van der Waals surface area contributed by atoms with Gasteiger partial charge in [-0.25, -0.2) is 4.39 Å². The Balaban J connectivity index is 2.09. The standard InChI is InChI=1S/C16H18ClFN2O/c1-3-15(19-4-2)16-8-6-12(10-20-16)21-11-5-7-13(17)14(18)9-11/h5-10,15,19H,3-4H2,1-2H3. The Labute approximate surface area is 129 Å². The second kappa shape index (κ2) is 7.38. The van der Waals surface area contributed by atoms with E-state index in [0.29, 0.717) is 11.5 Å². The van der Waals surface area contributed by atoms with Crippen molar-refractivity contribution in [1.82, 2.24) is 10.3 Å². The zero-order valence-corrected chi connectivity index (χ0v) is 12.8. The van der Waals surface area contributed by atoms with Crippen LogP contribution in [0.5, 0.6) is 11.5 Å². The summed E-state index contributed by atoms with van der Waals surface area (Å²) in [5.74, 6) is 0.453. The summed E-state index contributed by atoms with van der Waals surface area (Å²) in [6, 6.07) is 8.31. The van der Waals surface area contributed by atoms with Crippen molar-refractivity contribution >= 4 is 11.6 Å². The molecule has 3 nitrogen and oxygen atoms in total. The van der Waals surface area contributed by atoms with Crippen LogP contribution >= 0.6 is 11.6 Å². The molecule has 0 aliphatic heterocycles. The molecule has 1 aromatic carbocycles. The number of hydrogen-bond donors (Lipinski definition) is 1. The van der Waals surface area contributed by atoms with Crippen LogP contribution in [-0.2, 0) is 0 Å². The second-order valence-electron chi connectivity index (χ2n) is 4.62. The minimum Gasteiger partial charge on any atom is -0.456 e. The van der Waals surface area contributed by atoms with Crippen LogP contribution in [0.25, 0.3) is 0 Å². The van der Waals surface area contributed by atoms with Crippen LogP contribution in [0, 0.1) is 5.82 Å². The molecule has 0 spiro atoms. The lowest BCUT2D eigenvalue weighted by Gasteiger charge is -2.15. The van der Waals surface area contributed by atoms with Crippen molar-refractivity contribution < 1.29 is 9.13 Å². The van der Waals surface area contributed by atoms with E-state index in [4.69, 9.17) is 16.3 Å². The van der Waals surface area contributed by atoms with Crippen molar-refractivity contribution in [3.8, 4) is 11.5 Å². The number of benzene rings is 1. The molecule has 2 aromatic rings. The largest absolute Gasteiger partial charge is 0.456 e. The fraction of sp³-hybridized carbons (Fsp3) is 0.312. The maximum absolute atomic E-state index is 13.3. The number of rotatable bonds is 6. The Morgan fingerprint density at radius 1 is 1.24 bits per heavy atom. The molecule has 0 saturated carbocycles. The number of pyridine rings is 1. The molecule has 112 valence electrons. The molecule has 21 heavy (non-hydrogen) atoms. The van der Waals surface area contributed by atoms with Gasteiger partial charge in [0.15, 0.2) is 0 Å². The van der Waals surface area contributed by atoms with E-state index in [9.17, 15) is 4.39 Å². The predicted octanol–water partition coefficient (Wildman–Crippen LogP) is 4.73. The summed E-state index contributed by atoms with van der Waals surface area (Å²) < 4.78 is 18.9. The number of aromatic nitrogens is 1. The average Bonchev–Trinajstić information content (AvgIpc) is 2.49. The van der Waals surface area contributed by atoms with E-state index in [2.05, 4.69) is 24.1 Å². The van der Waals surface area contributed by atoms with Crippen LogP contribution in [0.4, 0.5) is 4.39 Å². The van der Waals surface area contributed by atoms with E-state index in [0.717, 1.165) is 18.7 Å². The first-order chi connectivity index (χ1) is 10.1. The SMILES string of the molecule is CCNC(CC)c1ccc(Oc2ccc(Cl)c(F)c2)cn1. The van der Waals surface area contributed by atoms with E-state index in [1.165, 1.54) is 12.1 Å². The van der Waals surface area contributed by atoms with E-state index in [-0.39, 0.29) is 11.1 Å². The summed E-state index contributed by atoms with van der Waals surface area (Å²) in [7, 11) is 0. The van der Waals surface area contributed by atoms with Crippen LogP contribution in [-0.4, -0.2) is 11.5 Å². The van der Waals surface area contributed by atoms with Crippen molar-refractivity contribution in [1.29, 1.82) is 0 Å². The molecule has 1 unspecified atom stereocenters. The fourth-order valence-electron chi connectivity index (χ4n) is 2.04. The highest BCUT2D eigenvalue weighted by Crippen LogP contribution is 2.26. The molecule has 1 atom stereocenters. The Morgan fingerprint density at radius 3 is 2.57 bits per heavy atom. The molecule has 0 amide bonds. The van der Waals surface area contributed by atoms with Gasteiger partial charge in [0.25, 0.3) is 0 Å². The highest BCUT2D eigenvalue weighted by molar-refractivity contribution is 6.30. The predicted molar refractivity (Wildman–Crippen MR) is 82.4 cm³/mol. The van der Waals surface area contributed by atoms with Crippen LogP contribution in [0.2, 0.25) is 5.02 Å². The lowest BCUT2D eigenvalue weighted by Crippen LogP contribution is -2.20. The highest BCUT2D eigenvalue weighted by atomic mass is 35.5. The average molecular weight is 309 g/mol. The molecular weight excluding hydrogens is 291 g/mol. The van der Waals surface area contributed by atoms with Gasteiger partial charge in [-0.3, -0.25) is 4.98 Å². The van der Waals surface area contributed by atoms with Gasteiger partial charge < -0.3 is 10.1 Å². The molecule has 1 N–H and O–H groups in total. The van der Waals surface area contributed by atoms with E-state index in [1.54, 1.807) is 12.3 Å².